The minimum atomic E-state index is -3.80. The summed E-state index contributed by atoms with van der Waals surface area (Å²) in [6.07, 6.45) is 1.32. The molecule has 0 N–H and O–H groups in total. The number of sulfone groups is 1. The SMILES string of the molecule is CCN(CC)CCCOc1ccc(S(=O)(=O)c2c(Cc3ccc(C)cc3)oc3ccccc23)cc1. The fourth-order valence-corrected chi connectivity index (χ4v) is 5.83. The molecule has 5 nitrogen and oxygen atoms in total. The summed E-state index contributed by atoms with van der Waals surface area (Å²) in [4.78, 5) is 2.81. The summed E-state index contributed by atoms with van der Waals surface area (Å²) < 4.78 is 39.5. The Morgan fingerprint density at radius 2 is 1.57 bits per heavy atom. The van der Waals surface area contributed by atoms with Crippen LogP contribution < -0.4 is 4.74 Å². The van der Waals surface area contributed by atoms with Gasteiger partial charge in [0.2, 0.25) is 9.84 Å². The Morgan fingerprint density at radius 3 is 2.26 bits per heavy atom. The van der Waals surface area contributed by atoms with Gasteiger partial charge in [0.05, 0.1) is 11.5 Å². The number of nitrogens with zero attached hydrogens (tertiary/aromatic N) is 1. The maximum atomic E-state index is 13.8. The van der Waals surface area contributed by atoms with Crippen molar-refractivity contribution in [3.8, 4) is 5.75 Å². The van der Waals surface area contributed by atoms with Gasteiger partial charge in [0.25, 0.3) is 0 Å². The van der Waals surface area contributed by atoms with Gasteiger partial charge in [0, 0.05) is 18.4 Å². The van der Waals surface area contributed by atoms with Crippen LogP contribution in [0.5, 0.6) is 5.75 Å². The first-order valence-corrected chi connectivity index (χ1v) is 13.7. The Bertz CT molecular complexity index is 1350. The van der Waals surface area contributed by atoms with Crippen molar-refractivity contribution >= 4 is 20.8 Å². The van der Waals surface area contributed by atoms with Gasteiger partial charge in [-0.2, -0.15) is 0 Å². The Labute approximate surface area is 208 Å². The Balaban J connectivity index is 1.57. The van der Waals surface area contributed by atoms with E-state index in [1.807, 2.05) is 49.4 Å². The molecule has 0 saturated heterocycles. The van der Waals surface area contributed by atoms with Crippen molar-refractivity contribution in [1.82, 2.24) is 4.90 Å². The van der Waals surface area contributed by atoms with E-state index in [2.05, 4.69) is 18.7 Å². The molecule has 0 radical (unpaired) electrons. The first kappa shape index (κ1) is 25.0. The summed E-state index contributed by atoms with van der Waals surface area (Å²) in [5.74, 6) is 1.12. The molecule has 184 valence electrons. The highest BCUT2D eigenvalue weighted by Crippen LogP contribution is 2.35. The lowest BCUT2D eigenvalue weighted by Gasteiger charge is -2.17. The van der Waals surface area contributed by atoms with Crippen LogP contribution in [-0.4, -0.2) is 39.6 Å². The standard InChI is InChI=1S/C29H33NO4S/c1-4-30(5-2)19-8-20-33-24-15-17-25(18-16-24)35(31,32)29-26-9-6-7-10-27(26)34-28(29)21-23-13-11-22(3)12-14-23/h6-7,9-18H,4-5,8,19-21H2,1-3H3. The first-order valence-electron chi connectivity index (χ1n) is 12.2. The molecule has 0 aliphatic carbocycles. The van der Waals surface area contributed by atoms with E-state index >= 15 is 0 Å². The number of para-hydroxylation sites is 1. The van der Waals surface area contributed by atoms with Crippen molar-refractivity contribution in [3.63, 3.8) is 0 Å². The summed E-state index contributed by atoms with van der Waals surface area (Å²) >= 11 is 0. The predicted octanol–water partition coefficient (Wildman–Crippen LogP) is 6.28. The van der Waals surface area contributed by atoms with Gasteiger partial charge in [-0.1, -0.05) is 55.8 Å². The molecule has 1 aromatic heterocycles. The van der Waals surface area contributed by atoms with Crippen molar-refractivity contribution in [1.29, 1.82) is 0 Å². The van der Waals surface area contributed by atoms with Gasteiger partial charge >= 0.3 is 0 Å². The van der Waals surface area contributed by atoms with E-state index in [1.165, 1.54) is 0 Å². The van der Waals surface area contributed by atoms with Gasteiger partial charge in [0.15, 0.2) is 0 Å². The molecule has 3 aromatic carbocycles. The molecule has 4 rings (SSSR count). The van der Waals surface area contributed by atoms with Crippen LogP contribution in [0.1, 0.15) is 37.2 Å². The summed E-state index contributed by atoms with van der Waals surface area (Å²) in [5.41, 5.74) is 2.72. The number of ether oxygens (including phenoxy) is 1. The van der Waals surface area contributed by atoms with E-state index in [0.29, 0.717) is 35.5 Å². The van der Waals surface area contributed by atoms with Crippen LogP contribution in [0, 0.1) is 6.92 Å². The number of furan rings is 1. The number of benzene rings is 3. The molecule has 0 aliphatic rings. The van der Waals surface area contributed by atoms with Crippen molar-refractivity contribution < 1.29 is 17.6 Å². The van der Waals surface area contributed by atoms with Crippen LogP contribution in [0.3, 0.4) is 0 Å². The fraction of sp³-hybridized carbons (Fsp3) is 0.310. The lowest BCUT2D eigenvalue weighted by atomic mass is 10.1. The zero-order valence-electron chi connectivity index (χ0n) is 20.7. The maximum Gasteiger partial charge on any atom is 0.210 e. The van der Waals surface area contributed by atoms with Crippen LogP contribution in [0.15, 0.2) is 87.0 Å². The molecule has 0 aliphatic heterocycles. The summed E-state index contributed by atoms with van der Waals surface area (Å²) in [6, 6.07) is 22.0. The molecule has 35 heavy (non-hydrogen) atoms. The molecule has 0 amide bonds. The van der Waals surface area contributed by atoms with Crippen LogP contribution >= 0.6 is 0 Å². The highest BCUT2D eigenvalue weighted by Gasteiger charge is 2.28. The smallest absolute Gasteiger partial charge is 0.210 e. The summed E-state index contributed by atoms with van der Waals surface area (Å²) in [7, 11) is -3.80. The second-order valence-corrected chi connectivity index (χ2v) is 10.6. The number of hydrogen-bond donors (Lipinski definition) is 0. The van der Waals surface area contributed by atoms with Crippen LogP contribution in [-0.2, 0) is 16.3 Å². The van der Waals surface area contributed by atoms with E-state index < -0.39 is 9.84 Å². The molecule has 4 aromatic rings. The van der Waals surface area contributed by atoms with Crippen molar-refractivity contribution in [3.05, 3.63) is 89.7 Å². The average molecular weight is 492 g/mol. The van der Waals surface area contributed by atoms with Gasteiger partial charge in [-0.15, -0.1) is 0 Å². The topological polar surface area (TPSA) is 59.8 Å². The Hall–Kier alpha value is -3.09. The molecule has 0 unspecified atom stereocenters. The molecule has 6 heteroatoms. The van der Waals surface area contributed by atoms with Gasteiger partial charge in [-0.05, 0) is 68.4 Å². The Morgan fingerprint density at radius 1 is 0.886 bits per heavy atom. The van der Waals surface area contributed by atoms with E-state index in [0.717, 1.165) is 37.2 Å². The second kappa shape index (κ2) is 11.1. The maximum absolute atomic E-state index is 13.8. The van der Waals surface area contributed by atoms with Crippen molar-refractivity contribution in [2.45, 2.75) is 43.4 Å². The first-order chi connectivity index (χ1) is 16.9. The number of fused-ring (bicyclic) bond motifs is 1. The average Bonchev–Trinajstić information content (AvgIpc) is 3.24. The van der Waals surface area contributed by atoms with E-state index in [1.54, 1.807) is 30.3 Å². The fourth-order valence-electron chi connectivity index (χ4n) is 4.23. The third-order valence-electron chi connectivity index (χ3n) is 6.29. The lowest BCUT2D eigenvalue weighted by molar-refractivity contribution is 0.249. The van der Waals surface area contributed by atoms with Crippen LogP contribution in [0.4, 0.5) is 0 Å². The third kappa shape index (κ3) is 5.77. The van der Waals surface area contributed by atoms with Gasteiger partial charge in [0.1, 0.15) is 22.0 Å². The van der Waals surface area contributed by atoms with Gasteiger partial charge < -0.3 is 14.1 Å². The molecule has 0 fully saturated rings. The minimum Gasteiger partial charge on any atom is -0.494 e. The quantitative estimate of drug-likeness (QED) is 0.231. The molecule has 1 heterocycles. The zero-order chi connectivity index (χ0) is 24.8. The second-order valence-electron chi connectivity index (χ2n) is 8.72. The zero-order valence-corrected chi connectivity index (χ0v) is 21.5. The summed E-state index contributed by atoms with van der Waals surface area (Å²) in [5, 5.41) is 0.603. The molecular formula is C29H33NO4S. The third-order valence-corrected chi connectivity index (χ3v) is 8.17. The predicted molar refractivity (Wildman–Crippen MR) is 140 cm³/mol. The van der Waals surface area contributed by atoms with Crippen LogP contribution in [0.2, 0.25) is 0 Å². The highest BCUT2D eigenvalue weighted by atomic mass is 32.2. The van der Waals surface area contributed by atoms with Gasteiger partial charge in [-0.25, -0.2) is 8.42 Å². The van der Waals surface area contributed by atoms with Crippen molar-refractivity contribution in [2.75, 3.05) is 26.2 Å². The number of rotatable bonds is 11. The van der Waals surface area contributed by atoms with Crippen LogP contribution in [0.25, 0.3) is 11.0 Å². The van der Waals surface area contributed by atoms with E-state index in [4.69, 9.17) is 9.15 Å². The highest BCUT2D eigenvalue weighted by molar-refractivity contribution is 7.91. The van der Waals surface area contributed by atoms with Crippen molar-refractivity contribution in [2.24, 2.45) is 0 Å². The molecule has 0 spiro atoms. The van der Waals surface area contributed by atoms with E-state index in [9.17, 15) is 8.42 Å². The Kier molecular flexibility index (Phi) is 7.93. The lowest BCUT2D eigenvalue weighted by Crippen LogP contribution is -2.25. The largest absolute Gasteiger partial charge is 0.494 e. The minimum absolute atomic E-state index is 0.227. The number of aryl methyl sites for hydroxylation is 1. The van der Waals surface area contributed by atoms with Gasteiger partial charge in [-0.3, -0.25) is 0 Å². The van der Waals surface area contributed by atoms with E-state index in [-0.39, 0.29) is 9.79 Å². The number of hydrogen-bond acceptors (Lipinski definition) is 5. The molecular weight excluding hydrogens is 458 g/mol. The molecule has 0 atom stereocenters. The molecule has 0 saturated carbocycles. The molecule has 0 bridgehead atoms. The normalized spacial score (nSPS) is 11.9. The summed E-state index contributed by atoms with van der Waals surface area (Å²) in [6.45, 7) is 9.96. The monoisotopic (exact) mass is 491 g/mol.